The van der Waals surface area contributed by atoms with E-state index in [4.69, 9.17) is 0 Å². The molecule has 1 unspecified atom stereocenters. The number of hydrogen-bond acceptors (Lipinski definition) is 3. The molecule has 3 nitrogen and oxygen atoms in total. The van der Waals surface area contributed by atoms with Gasteiger partial charge in [0.25, 0.3) is 0 Å². The van der Waals surface area contributed by atoms with E-state index in [9.17, 15) is 5.11 Å². The molecule has 15 heavy (non-hydrogen) atoms. The molecule has 0 saturated heterocycles. The fourth-order valence-electron chi connectivity index (χ4n) is 1.38. The van der Waals surface area contributed by atoms with E-state index in [-0.39, 0.29) is 6.10 Å². The van der Waals surface area contributed by atoms with Crippen LogP contribution in [0, 0.1) is 0 Å². The number of nitrogens with zero attached hydrogens (tertiary/aromatic N) is 2. The van der Waals surface area contributed by atoms with Crippen molar-refractivity contribution in [1.82, 2.24) is 9.78 Å². The molecule has 1 aromatic heterocycles. The van der Waals surface area contributed by atoms with Gasteiger partial charge < -0.3 is 5.11 Å². The van der Waals surface area contributed by atoms with Gasteiger partial charge in [-0.3, -0.25) is 4.68 Å². The largest absolute Gasteiger partial charge is 0.388 e. The van der Waals surface area contributed by atoms with Crippen LogP contribution in [0.1, 0.15) is 38.4 Å². The highest BCUT2D eigenvalue weighted by atomic mass is 32.2. The molecule has 1 N–H and O–H groups in total. The summed E-state index contributed by atoms with van der Waals surface area (Å²) in [5.74, 6) is 2.36. The molecular weight excluding hydrogens is 208 g/mol. The van der Waals surface area contributed by atoms with Crippen LogP contribution in [0.2, 0.25) is 0 Å². The first-order valence-corrected chi connectivity index (χ1v) is 6.71. The summed E-state index contributed by atoms with van der Waals surface area (Å²) in [6.45, 7) is 5.09. The first kappa shape index (κ1) is 12.6. The molecule has 0 aliphatic heterocycles. The molecule has 4 heteroatoms. The van der Waals surface area contributed by atoms with Gasteiger partial charge in [0.2, 0.25) is 0 Å². The second kappa shape index (κ2) is 6.90. The van der Waals surface area contributed by atoms with Crippen LogP contribution in [0.5, 0.6) is 0 Å². The van der Waals surface area contributed by atoms with E-state index < -0.39 is 0 Å². The molecule has 0 spiro atoms. The van der Waals surface area contributed by atoms with Crippen LogP contribution in [0.25, 0.3) is 0 Å². The second-order valence-electron chi connectivity index (χ2n) is 3.51. The Morgan fingerprint density at radius 2 is 2.33 bits per heavy atom. The van der Waals surface area contributed by atoms with E-state index in [1.54, 1.807) is 6.20 Å². The molecule has 0 fully saturated rings. The molecule has 1 rings (SSSR count). The molecule has 0 aliphatic carbocycles. The van der Waals surface area contributed by atoms with E-state index in [1.807, 2.05) is 29.6 Å². The van der Waals surface area contributed by atoms with Gasteiger partial charge in [-0.15, -0.1) is 0 Å². The van der Waals surface area contributed by atoms with Gasteiger partial charge in [-0.25, -0.2) is 0 Å². The van der Waals surface area contributed by atoms with Gasteiger partial charge in [0.05, 0.1) is 12.3 Å². The summed E-state index contributed by atoms with van der Waals surface area (Å²) >= 11 is 1.95. The van der Waals surface area contributed by atoms with Crippen LogP contribution in [-0.4, -0.2) is 26.4 Å². The Morgan fingerprint density at radius 1 is 1.53 bits per heavy atom. The highest BCUT2D eigenvalue weighted by Crippen LogP contribution is 2.14. The fraction of sp³-hybridized carbons (Fsp3) is 0.727. The molecule has 0 saturated carbocycles. The van der Waals surface area contributed by atoms with Crippen molar-refractivity contribution in [3.63, 3.8) is 0 Å². The van der Waals surface area contributed by atoms with Crippen molar-refractivity contribution in [3.05, 3.63) is 18.0 Å². The summed E-state index contributed by atoms with van der Waals surface area (Å²) in [4.78, 5) is 0. The Labute approximate surface area is 95.9 Å². The third kappa shape index (κ3) is 4.26. The van der Waals surface area contributed by atoms with Gasteiger partial charge in [0.1, 0.15) is 0 Å². The van der Waals surface area contributed by atoms with Gasteiger partial charge in [0.15, 0.2) is 0 Å². The molecule has 1 heterocycles. The highest BCUT2D eigenvalue weighted by molar-refractivity contribution is 7.99. The van der Waals surface area contributed by atoms with Gasteiger partial charge in [-0.05, 0) is 24.3 Å². The maximum absolute atomic E-state index is 9.59. The Balaban J connectivity index is 2.33. The lowest BCUT2D eigenvalue weighted by Gasteiger charge is -2.03. The summed E-state index contributed by atoms with van der Waals surface area (Å²) in [6.07, 6.45) is 5.24. The van der Waals surface area contributed by atoms with E-state index in [1.165, 1.54) is 11.5 Å². The highest BCUT2D eigenvalue weighted by Gasteiger charge is 2.06. The van der Waals surface area contributed by atoms with Crippen molar-refractivity contribution in [2.45, 2.75) is 39.3 Å². The Kier molecular flexibility index (Phi) is 5.79. The third-order valence-corrected chi connectivity index (χ3v) is 3.29. The quantitative estimate of drug-likeness (QED) is 0.729. The number of hydrogen-bond donors (Lipinski definition) is 1. The lowest BCUT2D eigenvalue weighted by Crippen LogP contribution is -1.99. The van der Waals surface area contributed by atoms with Crippen LogP contribution >= 0.6 is 11.8 Å². The SMILES string of the molecule is CCSCCCn1cc(C(O)CC)cn1. The smallest absolute Gasteiger partial charge is 0.0817 e. The zero-order valence-electron chi connectivity index (χ0n) is 9.52. The predicted molar refractivity (Wildman–Crippen MR) is 65.1 cm³/mol. The first-order chi connectivity index (χ1) is 7.27. The maximum atomic E-state index is 9.59. The van der Waals surface area contributed by atoms with E-state index in [2.05, 4.69) is 12.0 Å². The van der Waals surface area contributed by atoms with Crippen molar-refractivity contribution in [3.8, 4) is 0 Å². The standard InChI is InChI=1S/C11H20N2OS/c1-3-11(14)10-8-12-13(9-10)6-5-7-15-4-2/h8-9,11,14H,3-7H2,1-2H3. The van der Waals surface area contributed by atoms with Crippen LogP contribution in [0.4, 0.5) is 0 Å². The molecule has 1 aromatic rings. The van der Waals surface area contributed by atoms with E-state index in [0.717, 1.165) is 24.9 Å². The van der Waals surface area contributed by atoms with Crippen molar-refractivity contribution in [2.75, 3.05) is 11.5 Å². The van der Waals surface area contributed by atoms with Crippen molar-refractivity contribution >= 4 is 11.8 Å². The summed E-state index contributed by atoms with van der Waals surface area (Å²) in [5.41, 5.74) is 0.931. The lowest BCUT2D eigenvalue weighted by atomic mass is 10.2. The number of aryl methyl sites for hydroxylation is 1. The van der Waals surface area contributed by atoms with Crippen LogP contribution in [0.15, 0.2) is 12.4 Å². The average molecular weight is 228 g/mol. The molecule has 1 atom stereocenters. The molecule has 0 amide bonds. The second-order valence-corrected chi connectivity index (χ2v) is 4.91. The zero-order valence-corrected chi connectivity index (χ0v) is 10.3. The lowest BCUT2D eigenvalue weighted by molar-refractivity contribution is 0.173. The summed E-state index contributed by atoms with van der Waals surface area (Å²) in [6, 6.07) is 0. The normalized spacial score (nSPS) is 13.0. The molecule has 0 radical (unpaired) electrons. The molecule has 0 aromatic carbocycles. The molecular formula is C11H20N2OS. The monoisotopic (exact) mass is 228 g/mol. The summed E-state index contributed by atoms with van der Waals surface area (Å²) < 4.78 is 1.92. The number of aliphatic hydroxyl groups is 1. The van der Waals surface area contributed by atoms with Gasteiger partial charge in [0, 0.05) is 18.3 Å². The van der Waals surface area contributed by atoms with Crippen LogP contribution in [-0.2, 0) is 6.54 Å². The van der Waals surface area contributed by atoms with E-state index >= 15 is 0 Å². The van der Waals surface area contributed by atoms with Crippen molar-refractivity contribution < 1.29 is 5.11 Å². The minimum atomic E-state index is -0.358. The van der Waals surface area contributed by atoms with E-state index in [0.29, 0.717) is 0 Å². The Hall–Kier alpha value is -0.480. The molecule has 0 aliphatic rings. The maximum Gasteiger partial charge on any atom is 0.0817 e. The minimum Gasteiger partial charge on any atom is -0.388 e. The van der Waals surface area contributed by atoms with Gasteiger partial charge in [-0.2, -0.15) is 16.9 Å². The minimum absolute atomic E-state index is 0.358. The zero-order chi connectivity index (χ0) is 11.1. The molecule has 0 bridgehead atoms. The number of aromatic nitrogens is 2. The summed E-state index contributed by atoms with van der Waals surface area (Å²) in [5, 5.41) is 13.8. The Morgan fingerprint density at radius 3 is 3.00 bits per heavy atom. The van der Waals surface area contributed by atoms with Gasteiger partial charge in [-0.1, -0.05) is 13.8 Å². The fourth-order valence-corrected chi connectivity index (χ4v) is 2.00. The van der Waals surface area contributed by atoms with Crippen molar-refractivity contribution in [1.29, 1.82) is 0 Å². The van der Waals surface area contributed by atoms with Crippen LogP contribution < -0.4 is 0 Å². The average Bonchev–Trinajstić information content (AvgIpc) is 2.72. The third-order valence-electron chi connectivity index (χ3n) is 2.30. The van der Waals surface area contributed by atoms with Crippen molar-refractivity contribution in [2.24, 2.45) is 0 Å². The number of rotatable bonds is 7. The predicted octanol–water partition coefficient (Wildman–Crippen LogP) is 2.47. The van der Waals surface area contributed by atoms with Crippen LogP contribution in [0.3, 0.4) is 0 Å². The first-order valence-electron chi connectivity index (χ1n) is 5.56. The Bertz CT molecular complexity index is 275. The number of aliphatic hydroxyl groups excluding tert-OH is 1. The number of thioether (sulfide) groups is 1. The topological polar surface area (TPSA) is 38.0 Å². The summed E-state index contributed by atoms with van der Waals surface area (Å²) in [7, 11) is 0. The van der Waals surface area contributed by atoms with Gasteiger partial charge >= 0.3 is 0 Å². The molecule has 86 valence electrons.